The van der Waals surface area contributed by atoms with Gasteiger partial charge in [0.1, 0.15) is 0 Å². The van der Waals surface area contributed by atoms with E-state index in [2.05, 4.69) is 36.6 Å². The van der Waals surface area contributed by atoms with Crippen LogP contribution < -0.4 is 10.6 Å². The predicted octanol–water partition coefficient (Wildman–Crippen LogP) is 3.16. The molecule has 1 aliphatic rings. The molecule has 1 amide bonds. The van der Waals surface area contributed by atoms with Gasteiger partial charge < -0.3 is 10.6 Å². The predicted molar refractivity (Wildman–Crippen MR) is 79.4 cm³/mol. The van der Waals surface area contributed by atoms with Gasteiger partial charge >= 0.3 is 0 Å². The zero-order chi connectivity index (χ0) is 13.7. The van der Waals surface area contributed by atoms with Crippen LogP contribution in [0.25, 0.3) is 0 Å². The highest BCUT2D eigenvalue weighted by Crippen LogP contribution is 2.19. The Kier molecular flexibility index (Phi) is 4.83. The maximum absolute atomic E-state index is 11.9. The maximum atomic E-state index is 11.9. The van der Waals surface area contributed by atoms with Gasteiger partial charge in [0.25, 0.3) is 0 Å². The summed E-state index contributed by atoms with van der Waals surface area (Å²) in [5.74, 6) is 0.106. The van der Waals surface area contributed by atoms with Crippen LogP contribution in [0.3, 0.4) is 0 Å². The average molecular weight is 260 g/mol. The molecule has 0 unspecified atom stereocenters. The Hall–Kier alpha value is -1.51. The van der Waals surface area contributed by atoms with Crippen molar-refractivity contribution in [3.05, 3.63) is 29.3 Å². The highest BCUT2D eigenvalue weighted by atomic mass is 16.1. The topological polar surface area (TPSA) is 41.1 Å². The molecule has 3 heteroatoms. The largest absolute Gasteiger partial charge is 0.376 e. The van der Waals surface area contributed by atoms with Crippen molar-refractivity contribution in [3.8, 4) is 0 Å². The first-order chi connectivity index (χ1) is 9.16. The van der Waals surface area contributed by atoms with Gasteiger partial charge in [-0.05, 0) is 37.8 Å². The van der Waals surface area contributed by atoms with Crippen LogP contribution >= 0.6 is 0 Å². The quantitative estimate of drug-likeness (QED) is 0.873. The number of benzene rings is 1. The molecule has 3 nitrogen and oxygen atoms in total. The van der Waals surface area contributed by atoms with Gasteiger partial charge in [-0.1, -0.05) is 37.5 Å². The molecule has 0 saturated heterocycles. The monoisotopic (exact) mass is 260 g/mol. The van der Waals surface area contributed by atoms with Crippen molar-refractivity contribution in [2.24, 2.45) is 0 Å². The highest BCUT2D eigenvalue weighted by Gasteiger charge is 2.15. The molecule has 2 rings (SSSR count). The Balaban J connectivity index is 1.83. The summed E-state index contributed by atoms with van der Waals surface area (Å²) in [6, 6.07) is 6.56. The molecule has 0 radical (unpaired) electrons. The molecule has 0 aliphatic heterocycles. The van der Waals surface area contributed by atoms with Crippen LogP contribution in [0.15, 0.2) is 18.2 Å². The van der Waals surface area contributed by atoms with E-state index >= 15 is 0 Å². The molecule has 104 valence electrons. The number of amides is 1. The van der Waals surface area contributed by atoms with E-state index in [0.717, 1.165) is 18.5 Å². The Morgan fingerprint density at radius 2 is 1.79 bits per heavy atom. The summed E-state index contributed by atoms with van der Waals surface area (Å²) in [4.78, 5) is 11.9. The van der Waals surface area contributed by atoms with Gasteiger partial charge in [0.15, 0.2) is 0 Å². The smallest absolute Gasteiger partial charge is 0.239 e. The third kappa shape index (κ3) is 3.98. The van der Waals surface area contributed by atoms with Gasteiger partial charge in [-0.15, -0.1) is 0 Å². The minimum atomic E-state index is 0.106. The van der Waals surface area contributed by atoms with Crippen LogP contribution in [0.4, 0.5) is 5.69 Å². The van der Waals surface area contributed by atoms with Gasteiger partial charge in [-0.3, -0.25) is 4.79 Å². The Labute approximate surface area is 115 Å². The van der Waals surface area contributed by atoms with E-state index in [1.807, 2.05) is 6.07 Å². The van der Waals surface area contributed by atoms with Crippen LogP contribution in [0.5, 0.6) is 0 Å². The molecular weight excluding hydrogens is 236 g/mol. The minimum absolute atomic E-state index is 0.106. The maximum Gasteiger partial charge on any atom is 0.239 e. The van der Waals surface area contributed by atoms with Crippen molar-refractivity contribution < 1.29 is 4.79 Å². The lowest BCUT2D eigenvalue weighted by molar-refractivity contribution is -0.120. The molecule has 1 fully saturated rings. The Morgan fingerprint density at radius 3 is 2.42 bits per heavy atom. The van der Waals surface area contributed by atoms with E-state index in [9.17, 15) is 4.79 Å². The molecule has 0 atom stereocenters. The van der Waals surface area contributed by atoms with Gasteiger partial charge in [-0.25, -0.2) is 0 Å². The number of rotatable bonds is 4. The number of carbonyl (C=O) groups is 1. The molecule has 2 N–H and O–H groups in total. The molecule has 0 spiro atoms. The lowest BCUT2D eigenvalue weighted by atomic mass is 9.95. The third-order valence-electron chi connectivity index (χ3n) is 3.88. The molecule has 0 heterocycles. The minimum Gasteiger partial charge on any atom is -0.376 e. The second-order valence-electron chi connectivity index (χ2n) is 5.52. The van der Waals surface area contributed by atoms with Gasteiger partial charge in [-0.2, -0.15) is 0 Å². The van der Waals surface area contributed by atoms with E-state index in [4.69, 9.17) is 0 Å². The van der Waals surface area contributed by atoms with Crippen molar-refractivity contribution in [2.75, 3.05) is 11.9 Å². The van der Waals surface area contributed by atoms with Crippen LogP contribution in [-0.2, 0) is 4.79 Å². The number of hydrogen-bond donors (Lipinski definition) is 2. The Morgan fingerprint density at radius 1 is 1.16 bits per heavy atom. The normalized spacial score (nSPS) is 16.1. The molecule has 0 bridgehead atoms. The van der Waals surface area contributed by atoms with Crippen LogP contribution in [0.2, 0.25) is 0 Å². The van der Waals surface area contributed by atoms with Gasteiger partial charge in [0, 0.05) is 11.7 Å². The van der Waals surface area contributed by atoms with Gasteiger partial charge in [0.2, 0.25) is 5.91 Å². The molecule has 1 aliphatic carbocycles. The summed E-state index contributed by atoms with van der Waals surface area (Å²) < 4.78 is 0. The SMILES string of the molecule is Cc1cccc(C)c1NCC(=O)NC1CCCCC1. The van der Waals surface area contributed by atoms with Crippen molar-refractivity contribution in [1.82, 2.24) is 5.32 Å². The average Bonchev–Trinajstić information content (AvgIpc) is 2.39. The second-order valence-corrected chi connectivity index (χ2v) is 5.52. The van der Waals surface area contributed by atoms with E-state index in [1.54, 1.807) is 0 Å². The van der Waals surface area contributed by atoms with Crippen molar-refractivity contribution in [1.29, 1.82) is 0 Å². The summed E-state index contributed by atoms with van der Waals surface area (Å²) >= 11 is 0. The number of carbonyl (C=O) groups excluding carboxylic acids is 1. The number of nitrogens with one attached hydrogen (secondary N) is 2. The number of hydrogen-bond acceptors (Lipinski definition) is 2. The standard InChI is InChI=1S/C16H24N2O/c1-12-7-6-8-13(2)16(12)17-11-15(19)18-14-9-4-3-5-10-14/h6-8,14,17H,3-5,9-11H2,1-2H3,(H,18,19). The summed E-state index contributed by atoms with van der Waals surface area (Å²) in [6.07, 6.45) is 6.07. The fourth-order valence-corrected chi connectivity index (χ4v) is 2.79. The third-order valence-corrected chi connectivity index (χ3v) is 3.88. The van der Waals surface area contributed by atoms with Crippen molar-refractivity contribution in [3.63, 3.8) is 0 Å². The lowest BCUT2D eigenvalue weighted by Crippen LogP contribution is -2.39. The molecule has 1 saturated carbocycles. The molecule has 1 aromatic carbocycles. The van der Waals surface area contributed by atoms with E-state index in [0.29, 0.717) is 12.6 Å². The Bertz CT molecular complexity index is 416. The zero-order valence-electron chi connectivity index (χ0n) is 12.0. The van der Waals surface area contributed by atoms with Crippen molar-refractivity contribution >= 4 is 11.6 Å². The van der Waals surface area contributed by atoms with Crippen LogP contribution in [0.1, 0.15) is 43.2 Å². The fourth-order valence-electron chi connectivity index (χ4n) is 2.79. The molecule has 0 aromatic heterocycles. The second kappa shape index (κ2) is 6.60. The fraction of sp³-hybridized carbons (Fsp3) is 0.562. The number of aryl methyl sites for hydroxylation is 2. The van der Waals surface area contributed by atoms with E-state index in [-0.39, 0.29) is 5.91 Å². The lowest BCUT2D eigenvalue weighted by Gasteiger charge is -2.23. The number of para-hydroxylation sites is 1. The van der Waals surface area contributed by atoms with E-state index < -0.39 is 0 Å². The van der Waals surface area contributed by atoms with Crippen molar-refractivity contribution in [2.45, 2.75) is 52.0 Å². The molecule has 1 aromatic rings. The first-order valence-corrected chi connectivity index (χ1v) is 7.26. The first-order valence-electron chi connectivity index (χ1n) is 7.26. The van der Waals surface area contributed by atoms with Gasteiger partial charge in [0.05, 0.1) is 6.54 Å². The van der Waals surface area contributed by atoms with Crippen LogP contribution in [0, 0.1) is 13.8 Å². The van der Waals surface area contributed by atoms with Crippen LogP contribution in [-0.4, -0.2) is 18.5 Å². The number of anilines is 1. The highest BCUT2D eigenvalue weighted by molar-refractivity contribution is 5.81. The summed E-state index contributed by atoms with van der Waals surface area (Å²) in [7, 11) is 0. The summed E-state index contributed by atoms with van der Waals surface area (Å²) in [6.45, 7) is 4.49. The summed E-state index contributed by atoms with van der Waals surface area (Å²) in [5, 5.41) is 6.39. The summed E-state index contributed by atoms with van der Waals surface area (Å²) in [5.41, 5.74) is 3.46. The van der Waals surface area contributed by atoms with E-state index in [1.165, 1.54) is 30.4 Å². The molecule has 19 heavy (non-hydrogen) atoms. The molecular formula is C16H24N2O. The first kappa shape index (κ1) is 13.9. The zero-order valence-corrected chi connectivity index (χ0v) is 12.0.